The summed E-state index contributed by atoms with van der Waals surface area (Å²) in [6, 6.07) is 7.25. The molecule has 132 valence electrons. The van der Waals surface area contributed by atoms with Gasteiger partial charge in [0.25, 0.3) is 0 Å². The summed E-state index contributed by atoms with van der Waals surface area (Å²) in [6.07, 6.45) is 4.93. The molecule has 5 heteroatoms. The summed E-state index contributed by atoms with van der Waals surface area (Å²) in [5.41, 5.74) is 7.61. The number of carbonyl (C=O) groups is 2. The second-order valence-electron chi connectivity index (χ2n) is 5.83. The number of unbranched alkanes of at least 4 members (excludes halogenated alkanes) is 4. The Morgan fingerprint density at radius 2 is 1.67 bits per heavy atom. The van der Waals surface area contributed by atoms with E-state index in [9.17, 15) is 9.59 Å². The fourth-order valence-corrected chi connectivity index (χ4v) is 2.13. The van der Waals surface area contributed by atoms with Gasteiger partial charge in [-0.05, 0) is 37.5 Å². The van der Waals surface area contributed by atoms with Crippen LogP contribution in [0.1, 0.15) is 44.6 Å². The molecule has 0 spiro atoms. The second-order valence-corrected chi connectivity index (χ2v) is 5.83. The first-order valence-corrected chi connectivity index (χ1v) is 8.31. The van der Waals surface area contributed by atoms with E-state index in [0.29, 0.717) is 24.5 Å². The number of rotatable bonds is 11. The van der Waals surface area contributed by atoms with Gasteiger partial charge in [0.2, 0.25) is 0 Å². The number of benzene rings is 1. The van der Waals surface area contributed by atoms with Gasteiger partial charge in [-0.2, -0.15) is 0 Å². The van der Waals surface area contributed by atoms with Crippen molar-refractivity contribution in [2.75, 3.05) is 18.9 Å². The van der Waals surface area contributed by atoms with Crippen LogP contribution >= 0.6 is 0 Å². The fourth-order valence-electron chi connectivity index (χ4n) is 2.13. The maximum atomic E-state index is 11.7. The molecular weight excluding hydrogens is 306 g/mol. The smallest absolute Gasteiger partial charge is 0.333 e. The summed E-state index contributed by atoms with van der Waals surface area (Å²) in [4.78, 5) is 22.9. The topological polar surface area (TPSA) is 78.6 Å². The zero-order valence-electron chi connectivity index (χ0n) is 14.4. The Labute approximate surface area is 143 Å². The first-order valence-electron chi connectivity index (χ1n) is 8.31. The highest BCUT2D eigenvalue weighted by Gasteiger charge is 2.05. The van der Waals surface area contributed by atoms with E-state index in [1.54, 1.807) is 19.1 Å². The van der Waals surface area contributed by atoms with Gasteiger partial charge >= 0.3 is 11.9 Å². The molecule has 0 aliphatic carbocycles. The maximum Gasteiger partial charge on any atom is 0.333 e. The minimum Gasteiger partial charge on any atom is -0.465 e. The Morgan fingerprint density at radius 1 is 1.04 bits per heavy atom. The molecule has 0 aliphatic rings. The molecule has 0 heterocycles. The third kappa shape index (κ3) is 8.98. The van der Waals surface area contributed by atoms with Crippen molar-refractivity contribution in [2.45, 2.75) is 45.4 Å². The number of ether oxygens (including phenoxy) is 2. The van der Waals surface area contributed by atoms with Crippen molar-refractivity contribution < 1.29 is 19.1 Å². The van der Waals surface area contributed by atoms with Crippen molar-refractivity contribution >= 4 is 17.6 Å². The quantitative estimate of drug-likeness (QED) is 0.290. The molecule has 24 heavy (non-hydrogen) atoms. The van der Waals surface area contributed by atoms with Crippen molar-refractivity contribution in [1.82, 2.24) is 0 Å². The standard InChI is InChI=1S/C19H27NO4/c1-15(2)19(22)24-12-7-5-3-4-6-11-23-18(21)14-16-9-8-10-17(20)13-16/h8-10,13H,1,3-7,11-12,14,20H2,2H3. The molecule has 0 aliphatic heterocycles. The van der Waals surface area contributed by atoms with Gasteiger partial charge in [-0.1, -0.05) is 38.0 Å². The van der Waals surface area contributed by atoms with E-state index < -0.39 is 0 Å². The van der Waals surface area contributed by atoms with Crippen molar-refractivity contribution in [1.29, 1.82) is 0 Å². The summed E-state index contributed by atoms with van der Waals surface area (Å²) < 4.78 is 10.2. The Balaban J connectivity index is 1.97. The average Bonchev–Trinajstić information content (AvgIpc) is 2.52. The summed E-state index contributed by atoms with van der Waals surface area (Å²) in [5.74, 6) is -0.561. The lowest BCUT2D eigenvalue weighted by Crippen LogP contribution is -2.09. The van der Waals surface area contributed by atoms with Crippen LogP contribution in [0.25, 0.3) is 0 Å². The highest BCUT2D eigenvalue weighted by molar-refractivity contribution is 5.86. The number of esters is 2. The number of nitrogens with two attached hydrogens (primary N) is 1. The molecule has 2 N–H and O–H groups in total. The average molecular weight is 333 g/mol. The molecule has 0 amide bonds. The van der Waals surface area contributed by atoms with Crippen molar-refractivity contribution in [3.63, 3.8) is 0 Å². The lowest BCUT2D eigenvalue weighted by atomic mass is 10.1. The highest BCUT2D eigenvalue weighted by atomic mass is 16.5. The van der Waals surface area contributed by atoms with Crippen LogP contribution < -0.4 is 5.73 Å². The van der Waals surface area contributed by atoms with Crippen LogP contribution in [0.3, 0.4) is 0 Å². The highest BCUT2D eigenvalue weighted by Crippen LogP contribution is 2.08. The van der Waals surface area contributed by atoms with Crippen LogP contribution in [-0.4, -0.2) is 25.2 Å². The van der Waals surface area contributed by atoms with Crippen LogP contribution in [-0.2, 0) is 25.5 Å². The molecule has 0 aromatic heterocycles. The first-order chi connectivity index (χ1) is 11.5. The molecule has 0 radical (unpaired) electrons. The van der Waals surface area contributed by atoms with Crippen molar-refractivity contribution in [2.24, 2.45) is 0 Å². The monoisotopic (exact) mass is 333 g/mol. The van der Waals surface area contributed by atoms with E-state index in [2.05, 4.69) is 6.58 Å². The predicted molar refractivity (Wildman–Crippen MR) is 94.4 cm³/mol. The van der Waals surface area contributed by atoms with Crippen LogP contribution in [0.2, 0.25) is 0 Å². The molecule has 0 saturated heterocycles. The van der Waals surface area contributed by atoms with Gasteiger partial charge in [0.15, 0.2) is 0 Å². The molecule has 0 unspecified atom stereocenters. The predicted octanol–water partition coefficient (Wildman–Crippen LogP) is 3.42. The fraction of sp³-hybridized carbons (Fsp3) is 0.474. The molecule has 1 rings (SSSR count). The zero-order chi connectivity index (χ0) is 17.8. The molecule has 0 bridgehead atoms. The maximum absolute atomic E-state index is 11.7. The van der Waals surface area contributed by atoms with E-state index in [-0.39, 0.29) is 18.4 Å². The van der Waals surface area contributed by atoms with Crippen LogP contribution in [0, 0.1) is 0 Å². The largest absolute Gasteiger partial charge is 0.465 e. The summed E-state index contributed by atoms with van der Waals surface area (Å²) in [5, 5.41) is 0. The third-order valence-electron chi connectivity index (χ3n) is 3.43. The van der Waals surface area contributed by atoms with Gasteiger partial charge in [0.05, 0.1) is 19.6 Å². The van der Waals surface area contributed by atoms with Gasteiger partial charge in [-0.15, -0.1) is 0 Å². The molecular formula is C19H27NO4. The van der Waals surface area contributed by atoms with Crippen LogP contribution in [0.5, 0.6) is 0 Å². The van der Waals surface area contributed by atoms with Gasteiger partial charge in [0.1, 0.15) is 0 Å². The zero-order valence-corrected chi connectivity index (χ0v) is 14.4. The van der Waals surface area contributed by atoms with E-state index in [0.717, 1.165) is 37.7 Å². The van der Waals surface area contributed by atoms with Gasteiger partial charge in [-0.3, -0.25) is 4.79 Å². The normalized spacial score (nSPS) is 10.2. The Morgan fingerprint density at radius 3 is 2.29 bits per heavy atom. The summed E-state index contributed by atoms with van der Waals surface area (Å²) >= 11 is 0. The number of anilines is 1. The second kappa shape index (κ2) is 11.3. The number of hydrogen-bond acceptors (Lipinski definition) is 5. The van der Waals surface area contributed by atoms with E-state index in [1.807, 2.05) is 12.1 Å². The Kier molecular flexibility index (Phi) is 9.27. The minimum atomic E-state index is -0.331. The van der Waals surface area contributed by atoms with Crippen molar-refractivity contribution in [3.8, 4) is 0 Å². The molecule has 5 nitrogen and oxygen atoms in total. The van der Waals surface area contributed by atoms with E-state index in [4.69, 9.17) is 15.2 Å². The van der Waals surface area contributed by atoms with Crippen LogP contribution in [0.15, 0.2) is 36.4 Å². The molecule has 1 aromatic carbocycles. The van der Waals surface area contributed by atoms with Gasteiger partial charge in [0, 0.05) is 11.3 Å². The number of hydrogen-bond donors (Lipinski definition) is 1. The lowest BCUT2D eigenvalue weighted by Gasteiger charge is -2.06. The Hall–Kier alpha value is -2.30. The third-order valence-corrected chi connectivity index (χ3v) is 3.43. The molecule has 0 saturated carbocycles. The summed E-state index contributed by atoms with van der Waals surface area (Å²) in [6.45, 7) is 6.03. The number of carbonyl (C=O) groups excluding carboxylic acids is 2. The summed E-state index contributed by atoms with van der Waals surface area (Å²) in [7, 11) is 0. The Bertz CT molecular complexity index is 554. The van der Waals surface area contributed by atoms with Gasteiger partial charge < -0.3 is 15.2 Å². The van der Waals surface area contributed by atoms with Gasteiger partial charge in [-0.25, -0.2) is 4.79 Å². The molecule has 0 atom stereocenters. The van der Waals surface area contributed by atoms with E-state index >= 15 is 0 Å². The van der Waals surface area contributed by atoms with Crippen molar-refractivity contribution in [3.05, 3.63) is 42.0 Å². The number of nitrogen functional groups attached to an aromatic ring is 1. The lowest BCUT2D eigenvalue weighted by molar-refractivity contribution is -0.143. The molecule has 1 aromatic rings. The van der Waals surface area contributed by atoms with Crippen LogP contribution in [0.4, 0.5) is 5.69 Å². The SMILES string of the molecule is C=C(C)C(=O)OCCCCCCCOC(=O)Cc1cccc(N)c1. The van der Waals surface area contributed by atoms with E-state index in [1.165, 1.54) is 0 Å². The first kappa shape index (κ1) is 19.7. The minimum absolute atomic E-state index is 0.229. The molecule has 0 fully saturated rings.